The first-order valence-corrected chi connectivity index (χ1v) is 25.1. The van der Waals surface area contributed by atoms with Gasteiger partial charge in [0.1, 0.15) is 23.7 Å². The number of aromatic amines is 2. The number of nitrogens with zero attached hydrogens (tertiary/aromatic N) is 4. The Morgan fingerprint density at radius 1 is 0.614 bits per heavy atom. The number of rotatable bonds is 13. The normalized spacial score (nSPS) is 23.6. The number of amides is 4. The van der Waals surface area contributed by atoms with Gasteiger partial charge in [-0.05, 0) is 106 Å². The third-order valence-corrected chi connectivity index (χ3v) is 15.0. The molecule has 6 heterocycles. The van der Waals surface area contributed by atoms with Crippen molar-refractivity contribution >= 4 is 24.0 Å². The summed E-state index contributed by atoms with van der Waals surface area (Å²) < 4.78 is 9.68. The molecule has 9 atom stereocenters. The number of carbonyl (C=O) groups is 4. The van der Waals surface area contributed by atoms with Crippen LogP contribution in [0.25, 0.3) is 44.8 Å². The Morgan fingerprint density at radius 2 is 1.06 bits per heavy atom. The summed E-state index contributed by atoms with van der Waals surface area (Å²) in [4.78, 5) is 72.6. The van der Waals surface area contributed by atoms with Crippen LogP contribution in [0.2, 0.25) is 0 Å². The number of carbonyl (C=O) groups excluding carboxylic acids is 4. The monoisotopic (exact) mass is 952 g/mol. The van der Waals surface area contributed by atoms with E-state index in [9.17, 15) is 19.2 Å². The molecule has 0 radical (unpaired) electrons. The number of hydrogen-bond acceptors (Lipinski definition) is 9. The van der Waals surface area contributed by atoms with Crippen LogP contribution in [0.5, 0.6) is 0 Å². The van der Waals surface area contributed by atoms with E-state index in [4.69, 9.17) is 19.4 Å². The van der Waals surface area contributed by atoms with Crippen LogP contribution in [0.1, 0.15) is 128 Å². The van der Waals surface area contributed by atoms with Gasteiger partial charge in [0.2, 0.25) is 11.8 Å². The van der Waals surface area contributed by atoms with E-state index in [0.29, 0.717) is 25.4 Å². The smallest absolute Gasteiger partial charge is 0.407 e. The van der Waals surface area contributed by atoms with Gasteiger partial charge < -0.3 is 45.2 Å². The largest absolute Gasteiger partial charge is 0.453 e. The molecule has 3 aromatic carbocycles. The van der Waals surface area contributed by atoms with Crippen molar-refractivity contribution in [1.82, 2.24) is 45.7 Å². The van der Waals surface area contributed by atoms with Crippen molar-refractivity contribution in [2.45, 2.75) is 117 Å². The number of methoxy groups -OCH3 is 2. The summed E-state index contributed by atoms with van der Waals surface area (Å²) in [6.07, 6.45) is 6.70. The predicted octanol–water partition coefficient (Wildman–Crippen LogP) is 9.89. The molecule has 370 valence electrons. The molecule has 15 nitrogen and oxygen atoms in total. The number of benzene rings is 3. The first-order chi connectivity index (χ1) is 33.6. The van der Waals surface area contributed by atoms with Gasteiger partial charge in [-0.1, -0.05) is 109 Å². The van der Waals surface area contributed by atoms with Crippen LogP contribution in [0.15, 0.2) is 73.1 Å². The SMILES string of the molecule is COC(=O)NC(CC(C)C)C(=O)N1CC(C)CC1c1ncc(-c2ccc(-c3ccc(-c4ccc(-c5cnc(C6CC(C)CN6C(=O)C(NC(=O)OC)C(C)C)[nH]5)cc4)c4c3C3CC(C)CC4N3)cc2)[nH]1. The van der Waals surface area contributed by atoms with Gasteiger partial charge in [-0.25, -0.2) is 19.6 Å². The summed E-state index contributed by atoms with van der Waals surface area (Å²) >= 11 is 0. The molecule has 70 heavy (non-hydrogen) atoms. The van der Waals surface area contributed by atoms with E-state index >= 15 is 0 Å². The second-order valence-electron chi connectivity index (χ2n) is 21.2. The minimum atomic E-state index is -0.702. The lowest BCUT2D eigenvalue weighted by molar-refractivity contribution is -0.136. The third-order valence-electron chi connectivity index (χ3n) is 15.0. The van der Waals surface area contributed by atoms with Gasteiger partial charge >= 0.3 is 12.2 Å². The van der Waals surface area contributed by atoms with Crippen LogP contribution >= 0.6 is 0 Å². The van der Waals surface area contributed by atoms with Crippen LogP contribution in [0.3, 0.4) is 0 Å². The minimum absolute atomic E-state index is 0.116. The van der Waals surface area contributed by atoms with E-state index < -0.39 is 24.3 Å². The molecular weight excluding hydrogens is 883 g/mol. The number of ether oxygens (including phenoxy) is 2. The summed E-state index contributed by atoms with van der Waals surface area (Å²) in [5, 5.41) is 9.50. The summed E-state index contributed by atoms with van der Waals surface area (Å²) in [6.45, 7) is 15.7. The van der Waals surface area contributed by atoms with Crippen molar-refractivity contribution in [3.8, 4) is 44.8 Å². The average molecular weight is 952 g/mol. The summed E-state index contributed by atoms with van der Waals surface area (Å²) in [5.41, 5.74) is 11.4. The average Bonchev–Trinajstić information content (AvgIpc) is 4.21. The molecular formula is C55H69N9O6. The first kappa shape index (κ1) is 48.5. The van der Waals surface area contributed by atoms with E-state index in [1.165, 1.54) is 36.5 Å². The highest BCUT2D eigenvalue weighted by Gasteiger charge is 2.43. The number of alkyl carbamates (subject to hydrolysis) is 2. The fourth-order valence-electron chi connectivity index (χ4n) is 11.6. The lowest BCUT2D eigenvalue weighted by atomic mass is 9.86. The highest BCUT2D eigenvalue weighted by Crippen LogP contribution is 2.52. The standard InChI is InChI=1S/C55H69N9O6/c1-29(2)20-42(61-54(67)69-8)52(65)63-27-32(6)23-45(63)50-56-25-43(59-50)36-14-10-34(11-15-36)38-18-19-39(48-41-22-31(5)21-40(58-41)47(38)48)35-12-16-37(17-13-35)44-26-57-51(60-44)46-24-33(7)28-64(46)53(66)49(30(3)4)62-55(68)70-9/h10-19,25-26,29-33,40-42,45-46,49,58H,20-24,27-28H2,1-9H3,(H,56,59)(H,57,60)(H,61,67)(H,62,68). The molecule has 9 rings (SSSR count). The predicted molar refractivity (Wildman–Crippen MR) is 269 cm³/mol. The third kappa shape index (κ3) is 9.69. The van der Waals surface area contributed by atoms with Gasteiger partial charge in [0, 0.05) is 25.2 Å². The lowest BCUT2D eigenvalue weighted by Gasteiger charge is -2.30. The fourth-order valence-corrected chi connectivity index (χ4v) is 11.6. The Hall–Kier alpha value is -6.48. The number of H-pyrrole nitrogens is 2. The number of fused-ring (bicyclic) bond motifs is 5. The molecule has 4 aliphatic rings. The Balaban J connectivity index is 0.939. The van der Waals surface area contributed by atoms with Crippen molar-refractivity contribution in [2.24, 2.45) is 29.6 Å². The van der Waals surface area contributed by atoms with Crippen LogP contribution in [-0.4, -0.2) is 93.1 Å². The van der Waals surface area contributed by atoms with Crippen molar-refractivity contribution in [3.05, 3.63) is 95.8 Å². The zero-order valence-electron chi connectivity index (χ0n) is 42.0. The Kier molecular flexibility index (Phi) is 13.9. The van der Waals surface area contributed by atoms with E-state index in [1.54, 1.807) is 0 Å². The number of likely N-dealkylation sites (tertiary alicyclic amines) is 2. The maximum atomic E-state index is 14.0. The second-order valence-corrected chi connectivity index (χ2v) is 21.2. The number of piperidine rings is 1. The molecule has 3 fully saturated rings. The van der Waals surface area contributed by atoms with E-state index in [2.05, 4.69) is 107 Å². The molecule has 4 aliphatic heterocycles. The quantitative estimate of drug-likeness (QED) is 0.0766. The summed E-state index contributed by atoms with van der Waals surface area (Å²) in [5.74, 6) is 2.47. The van der Waals surface area contributed by atoms with Crippen LogP contribution in [0.4, 0.5) is 9.59 Å². The molecule has 5 N–H and O–H groups in total. The zero-order valence-corrected chi connectivity index (χ0v) is 42.0. The molecule has 4 amide bonds. The Bertz CT molecular complexity index is 2710. The van der Waals surface area contributed by atoms with Crippen LogP contribution < -0.4 is 16.0 Å². The second kappa shape index (κ2) is 20.1. The van der Waals surface area contributed by atoms with Gasteiger partial charge in [0.15, 0.2) is 0 Å². The van der Waals surface area contributed by atoms with Gasteiger partial charge in [0.05, 0.1) is 50.1 Å². The fraction of sp³-hybridized carbons (Fsp3) is 0.491. The van der Waals surface area contributed by atoms with Gasteiger partial charge in [-0.2, -0.15) is 0 Å². The Morgan fingerprint density at radius 3 is 1.50 bits per heavy atom. The molecule has 2 aromatic heterocycles. The molecule has 3 saturated heterocycles. The highest BCUT2D eigenvalue weighted by molar-refractivity contribution is 5.87. The van der Waals surface area contributed by atoms with Gasteiger partial charge in [-0.3, -0.25) is 9.59 Å². The number of nitrogens with one attached hydrogen (secondary N) is 5. The molecule has 15 heteroatoms. The molecule has 5 aromatic rings. The molecule has 0 spiro atoms. The zero-order chi connectivity index (χ0) is 49.5. The maximum Gasteiger partial charge on any atom is 0.407 e. The van der Waals surface area contributed by atoms with Crippen LogP contribution in [-0.2, 0) is 19.1 Å². The first-order valence-electron chi connectivity index (χ1n) is 25.1. The maximum absolute atomic E-state index is 14.0. The molecule has 2 bridgehead atoms. The Labute approximate surface area is 411 Å². The van der Waals surface area contributed by atoms with Crippen molar-refractivity contribution < 1.29 is 28.7 Å². The lowest BCUT2D eigenvalue weighted by Crippen LogP contribution is -2.51. The topological polar surface area (TPSA) is 187 Å². The molecule has 0 saturated carbocycles. The number of aromatic nitrogens is 4. The highest BCUT2D eigenvalue weighted by atomic mass is 16.5. The van der Waals surface area contributed by atoms with Crippen molar-refractivity contribution in [3.63, 3.8) is 0 Å². The summed E-state index contributed by atoms with van der Waals surface area (Å²) in [6, 6.07) is 20.7. The van der Waals surface area contributed by atoms with Gasteiger partial charge in [-0.15, -0.1) is 0 Å². The number of hydrogen-bond donors (Lipinski definition) is 5. The minimum Gasteiger partial charge on any atom is -0.453 e. The van der Waals surface area contributed by atoms with Crippen molar-refractivity contribution in [1.29, 1.82) is 0 Å². The molecule has 9 unspecified atom stereocenters. The van der Waals surface area contributed by atoms with E-state index in [0.717, 1.165) is 71.0 Å². The van der Waals surface area contributed by atoms with Crippen molar-refractivity contribution in [2.75, 3.05) is 27.3 Å². The molecule has 0 aliphatic carbocycles. The van der Waals surface area contributed by atoms with E-state index in [-0.39, 0.29) is 59.7 Å². The van der Waals surface area contributed by atoms with E-state index in [1.807, 2.05) is 49.9 Å². The van der Waals surface area contributed by atoms with Crippen LogP contribution in [0, 0.1) is 29.6 Å². The van der Waals surface area contributed by atoms with Gasteiger partial charge in [0.25, 0.3) is 0 Å². The summed E-state index contributed by atoms with van der Waals surface area (Å²) in [7, 11) is 2.62. The number of imidazole rings is 2.